The number of ether oxygens (including phenoxy) is 1. The molecular weight excluding hydrogens is 706 g/mol. The second-order valence-corrected chi connectivity index (χ2v) is 14.2. The van der Waals surface area contributed by atoms with Crippen molar-refractivity contribution in [3.63, 3.8) is 0 Å². The molecule has 1 N–H and O–H groups in total. The van der Waals surface area contributed by atoms with Crippen molar-refractivity contribution >= 4 is 47.2 Å². The number of likely N-dealkylation sites (tertiary alicyclic amines) is 2. The highest BCUT2D eigenvalue weighted by Gasteiger charge is 2.31. The van der Waals surface area contributed by atoms with Crippen LogP contribution in [0.25, 0.3) is 0 Å². The van der Waals surface area contributed by atoms with Crippen molar-refractivity contribution in [3.05, 3.63) is 141 Å². The lowest BCUT2D eigenvalue weighted by Crippen LogP contribution is -2.31. The Hall–Kier alpha value is -2.12. The second-order valence-electron chi connectivity index (χ2n) is 12.9. The Bertz CT molecular complexity index is 1720. The lowest BCUT2D eigenvalue weighted by Gasteiger charge is -2.32. The minimum absolute atomic E-state index is 0. The van der Waals surface area contributed by atoms with Crippen LogP contribution in [0.15, 0.2) is 109 Å². The van der Waals surface area contributed by atoms with E-state index in [2.05, 4.69) is 19.1 Å². The molecule has 0 saturated carbocycles. The highest BCUT2D eigenvalue weighted by Crippen LogP contribution is 2.35. The highest BCUT2D eigenvalue weighted by molar-refractivity contribution is 6.30. The van der Waals surface area contributed by atoms with Crippen LogP contribution >= 0.6 is 47.2 Å². The summed E-state index contributed by atoms with van der Waals surface area (Å²) in [6.07, 6.45) is 5.29. The lowest BCUT2D eigenvalue weighted by molar-refractivity contribution is -0.0117. The quantitative estimate of drug-likeness (QED) is 0.163. The maximum atomic E-state index is 10.5. The van der Waals surface area contributed by atoms with E-state index in [0.717, 1.165) is 54.4 Å². The third-order valence-corrected chi connectivity index (χ3v) is 10.2. The van der Waals surface area contributed by atoms with E-state index in [1.807, 2.05) is 84.9 Å². The molecule has 4 nitrogen and oxygen atoms in total. The molecule has 8 heteroatoms. The largest absolute Gasteiger partial charge is 0.381 e. The van der Waals surface area contributed by atoms with Gasteiger partial charge in [0.05, 0.1) is 0 Å². The van der Waals surface area contributed by atoms with Crippen molar-refractivity contribution in [3.8, 4) is 0 Å². The van der Waals surface area contributed by atoms with E-state index in [4.69, 9.17) is 47.8 Å². The maximum absolute atomic E-state index is 10.5. The van der Waals surface area contributed by atoms with Gasteiger partial charge in [0.25, 0.3) is 0 Å². The van der Waals surface area contributed by atoms with Crippen LogP contribution in [0.4, 0.5) is 0 Å². The zero-order valence-electron chi connectivity index (χ0n) is 34.9. The first-order valence-corrected chi connectivity index (χ1v) is 18.3. The Kier molecular flexibility index (Phi) is 14.0. The molecule has 4 aromatic rings. The van der Waals surface area contributed by atoms with Crippen LogP contribution in [0.2, 0.25) is 10.0 Å². The molecule has 0 aliphatic carbocycles. The summed E-state index contributed by atoms with van der Waals surface area (Å²) in [5.74, 6) is 0.553. The SMILES string of the molecule is CC(O)(c1ccccc1)c1ccc(Cl)cc1.Cl.[2H]C([2H])([2H])N1CCC[C@@H]1CCCl.[2H]C([2H])([2H])N1CCC[C@@H]1CCOC(C)(c1ccccc1)c1ccc(Cl)cc1. The predicted molar refractivity (Wildman–Crippen MR) is 215 cm³/mol. The average molecular weight is 767 g/mol. The van der Waals surface area contributed by atoms with Crippen LogP contribution in [-0.4, -0.2) is 66.5 Å². The molecule has 0 spiro atoms. The monoisotopic (exact) mass is 764 g/mol. The summed E-state index contributed by atoms with van der Waals surface area (Å²) in [5, 5.41) is 11.9. The minimum atomic E-state index is -2.03. The van der Waals surface area contributed by atoms with E-state index in [1.165, 1.54) is 0 Å². The van der Waals surface area contributed by atoms with E-state index in [0.29, 0.717) is 42.0 Å². The topological polar surface area (TPSA) is 35.9 Å². The third kappa shape index (κ3) is 12.0. The zero-order chi connectivity index (χ0) is 40.3. The molecular formula is C42H54Cl4N2O2. The molecule has 6 rings (SSSR count). The molecule has 2 fully saturated rings. The number of aliphatic hydroxyl groups is 1. The molecule has 2 aliphatic rings. The van der Waals surface area contributed by atoms with E-state index >= 15 is 0 Å². The molecule has 2 saturated heterocycles. The summed E-state index contributed by atoms with van der Waals surface area (Å²) in [5.41, 5.74) is 2.20. The van der Waals surface area contributed by atoms with Crippen molar-refractivity contribution in [1.82, 2.24) is 9.80 Å². The van der Waals surface area contributed by atoms with Gasteiger partial charge in [0.2, 0.25) is 0 Å². The summed E-state index contributed by atoms with van der Waals surface area (Å²) in [4.78, 5) is 3.23. The molecule has 4 atom stereocenters. The third-order valence-electron chi connectivity index (χ3n) is 9.50. The number of hydrogen-bond acceptors (Lipinski definition) is 4. The molecule has 2 unspecified atom stereocenters. The van der Waals surface area contributed by atoms with Crippen LogP contribution in [0, 0.1) is 0 Å². The highest BCUT2D eigenvalue weighted by atomic mass is 35.5. The Morgan fingerprint density at radius 3 is 1.58 bits per heavy atom. The van der Waals surface area contributed by atoms with Gasteiger partial charge in [-0.1, -0.05) is 108 Å². The van der Waals surface area contributed by atoms with Crippen LogP contribution < -0.4 is 0 Å². The molecule has 0 radical (unpaired) electrons. The fourth-order valence-corrected chi connectivity index (χ4v) is 6.86. The maximum Gasteiger partial charge on any atom is 0.115 e. The van der Waals surface area contributed by atoms with Crippen molar-refractivity contribution in [2.45, 2.75) is 75.7 Å². The Morgan fingerprint density at radius 1 is 0.680 bits per heavy atom. The number of alkyl halides is 1. The number of benzene rings is 4. The molecule has 4 aromatic carbocycles. The smallest absolute Gasteiger partial charge is 0.115 e. The summed E-state index contributed by atoms with van der Waals surface area (Å²) in [7, 11) is 0. The molecule has 0 aromatic heterocycles. The fraction of sp³-hybridized carbons (Fsp3) is 0.429. The first kappa shape index (κ1) is 33.7. The molecule has 272 valence electrons. The molecule has 0 amide bonds. The molecule has 0 bridgehead atoms. The van der Waals surface area contributed by atoms with Crippen LogP contribution in [-0.2, 0) is 15.9 Å². The molecule has 2 aliphatic heterocycles. The summed E-state index contributed by atoms with van der Waals surface area (Å²) < 4.78 is 51.3. The minimum Gasteiger partial charge on any atom is -0.381 e. The van der Waals surface area contributed by atoms with Crippen LogP contribution in [0.3, 0.4) is 0 Å². The van der Waals surface area contributed by atoms with Gasteiger partial charge in [-0.05, 0) is 126 Å². The predicted octanol–water partition coefficient (Wildman–Crippen LogP) is 10.8. The van der Waals surface area contributed by atoms with Gasteiger partial charge in [0.15, 0.2) is 0 Å². The van der Waals surface area contributed by atoms with E-state index in [1.54, 1.807) is 28.9 Å². The van der Waals surface area contributed by atoms with Gasteiger partial charge in [0.1, 0.15) is 11.2 Å². The van der Waals surface area contributed by atoms with E-state index < -0.39 is 25.2 Å². The zero-order valence-corrected chi connectivity index (χ0v) is 32.0. The molecule has 50 heavy (non-hydrogen) atoms. The van der Waals surface area contributed by atoms with Gasteiger partial charge >= 0.3 is 0 Å². The fourth-order valence-electron chi connectivity index (χ4n) is 6.36. The Labute approximate surface area is 330 Å². The normalized spacial score (nSPS) is 22.2. The summed E-state index contributed by atoms with van der Waals surface area (Å²) in [6.45, 7) is 1.71. The standard InChI is InChI=1S/C21H26ClNO.C14H13ClO.C7H14ClN.ClH/c1-21(17-7-4-3-5-8-17,18-10-12-19(22)13-11-18)24-16-14-20-9-6-15-23(20)2;1-14(16,11-5-3-2-4-6-11)12-7-9-13(15)10-8-12;1-9-6-2-3-7(9)4-5-8;/h3-5,7-8,10-13,20H,6,9,14-16H2,1-2H3;2-10,16H,1H3;7H,2-6H2,1H3;1H/t20-,21?;;7-;/m1.1./s1/i2D3;;1D3;. The van der Waals surface area contributed by atoms with Gasteiger partial charge in [0, 0.05) is 42.8 Å². The Balaban J connectivity index is 0.000000246. The number of hydrogen-bond donors (Lipinski definition) is 1. The molecule has 2 heterocycles. The van der Waals surface area contributed by atoms with Gasteiger partial charge < -0.3 is 19.6 Å². The summed E-state index contributed by atoms with van der Waals surface area (Å²) in [6, 6.07) is 34.9. The van der Waals surface area contributed by atoms with E-state index in [9.17, 15) is 5.11 Å². The number of nitrogens with zero attached hydrogens (tertiary/aromatic N) is 2. The van der Waals surface area contributed by atoms with Crippen molar-refractivity contribution in [2.75, 3.05) is 39.5 Å². The summed E-state index contributed by atoms with van der Waals surface area (Å²) >= 11 is 17.5. The number of halogens is 4. The average Bonchev–Trinajstić information content (AvgIpc) is 3.84. The van der Waals surface area contributed by atoms with Gasteiger partial charge in [-0.25, -0.2) is 0 Å². The van der Waals surface area contributed by atoms with Gasteiger partial charge in [-0.15, -0.1) is 24.0 Å². The van der Waals surface area contributed by atoms with Gasteiger partial charge in [-0.3, -0.25) is 0 Å². The van der Waals surface area contributed by atoms with Crippen molar-refractivity contribution < 1.29 is 18.1 Å². The van der Waals surface area contributed by atoms with Gasteiger partial charge in [-0.2, -0.15) is 0 Å². The van der Waals surface area contributed by atoms with Crippen molar-refractivity contribution in [1.29, 1.82) is 0 Å². The van der Waals surface area contributed by atoms with E-state index in [-0.39, 0.29) is 24.5 Å². The first-order chi connectivity index (χ1) is 26.0. The lowest BCUT2D eigenvalue weighted by atomic mass is 9.88. The number of rotatable bonds is 10. The first-order valence-electron chi connectivity index (χ1n) is 20.1. The van der Waals surface area contributed by atoms with Crippen LogP contribution in [0.1, 0.15) is 82.9 Å². The van der Waals surface area contributed by atoms with Crippen molar-refractivity contribution in [2.24, 2.45) is 0 Å². The van der Waals surface area contributed by atoms with Crippen LogP contribution in [0.5, 0.6) is 0 Å². The Morgan fingerprint density at radius 2 is 1.10 bits per heavy atom. The second kappa shape index (κ2) is 20.8.